The lowest BCUT2D eigenvalue weighted by Crippen LogP contribution is -2.28. The number of rotatable bonds is 9. The molecular formula is C32H23BrCl2N2O5S. The van der Waals surface area contributed by atoms with Gasteiger partial charge in [0.1, 0.15) is 18.1 Å². The molecule has 0 unspecified atom stereocenters. The number of ether oxygens (including phenoxy) is 2. The summed E-state index contributed by atoms with van der Waals surface area (Å²) in [5.41, 5.74) is 3.20. The Morgan fingerprint density at radius 1 is 1.02 bits per heavy atom. The van der Waals surface area contributed by atoms with Crippen molar-refractivity contribution in [1.29, 1.82) is 0 Å². The molecule has 0 bridgehead atoms. The predicted molar refractivity (Wildman–Crippen MR) is 175 cm³/mol. The molecule has 0 radical (unpaired) electrons. The van der Waals surface area contributed by atoms with Gasteiger partial charge in [0, 0.05) is 15.6 Å². The second-order valence-corrected chi connectivity index (χ2v) is 12.0. The lowest BCUT2D eigenvalue weighted by Gasteiger charge is -2.16. The summed E-state index contributed by atoms with van der Waals surface area (Å²) in [6, 6.07) is 24.4. The first-order valence-electron chi connectivity index (χ1n) is 12.8. The van der Waals surface area contributed by atoms with Gasteiger partial charge >= 0.3 is 5.97 Å². The van der Waals surface area contributed by atoms with Crippen molar-refractivity contribution in [2.75, 3.05) is 7.11 Å². The van der Waals surface area contributed by atoms with Crippen LogP contribution in [0.3, 0.4) is 0 Å². The topological polar surface area (TPSA) is 88.4 Å². The third-order valence-electron chi connectivity index (χ3n) is 6.38. The van der Waals surface area contributed by atoms with E-state index in [0.29, 0.717) is 41.8 Å². The van der Waals surface area contributed by atoms with Crippen LogP contribution in [0.2, 0.25) is 10.0 Å². The Hall–Kier alpha value is -3.76. The number of aliphatic imine (C=N–C) groups is 1. The molecule has 0 aliphatic carbocycles. The van der Waals surface area contributed by atoms with E-state index in [0.717, 1.165) is 16.7 Å². The van der Waals surface area contributed by atoms with Crippen molar-refractivity contribution in [1.82, 2.24) is 4.90 Å². The molecule has 5 rings (SSSR count). The van der Waals surface area contributed by atoms with Gasteiger partial charge in [0.15, 0.2) is 5.17 Å². The number of halogens is 3. The fourth-order valence-corrected chi connectivity index (χ4v) is 6.07. The van der Waals surface area contributed by atoms with Crippen molar-refractivity contribution in [3.8, 4) is 11.5 Å². The number of amidine groups is 1. The standard InChI is InChI=1S/C32H23BrCl2N2O5S/c1-41-25-11-9-24(10-12-25)36-32-37(17-19-2-5-21(6-3-19)31(39)40)30(38)29(43-32)15-20-4-13-28(26(33)14-20)42-18-22-7-8-23(34)16-27(22)35/h2-16H,17-18H2,1H3,(H,39,40)/b29-15-,36-32?. The molecule has 0 aromatic heterocycles. The minimum Gasteiger partial charge on any atom is -0.497 e. The Morgan fingerprint density at radius 3 is 2.42 bits per heavy atom. The molecule has 1 aliphatic rings. The largest absolute Gasteiger partial charge is 0.497 e. The molecule has 1 heterocycles. The number of carboxylic acid groups (broad SMARTS) is 1. The number of carbonyl (C=O) groups is 2. The lowest BCUT2D eigenvalue weighted by atomic mass is 10.1. The van der Waals surface area contributed by atoms with Crippen LogP contribution >= 0.6 is 50.9 Å². The summed E-state index contributed by atoms with van der Waals surface area (Å²) < 4.78 is 11.9. The molecule has 43 heavy (non-hydrogen) atoms. The summed E-state index contributed by atoms with van der Waals surface area (Å²) in [6.07, 6.45) is 1.80. The highest BCUT2D eigenvalue weighted by molar-refractivity contribution is 9.10. The second kappa shape index (κ2) is 13.7. The third-order valence-corrected chi connectivity index (χ3v) is 8.59. The first-order valence-corrected chi connectivity index (χ1v) is 15.2. The first kappa shape index (κ1) is 30.7. The van der Waals surface area contributed by atoms with Gasteiger partial charge in [-0.15, -0.1) is 0 Å². The van der Waals surface area contributed by atoms with Crippen LogP contribution in [0.4, 0.5) is 5.69 Å². The van der Waals surface area contributed by atoms with Crippen molar-refractivity contribution >= 4 is 79.7 Å². The average Bonchev–Trinajstić information content (AvgIpc) is 3.27. The van der Waals surface area contributed by atoms with Gasteiger partial charge in [-0.3, -0.25) is 9.69 Å². The summed E-state index contributed by atoms with van der Waals surface area (Å²) in [6.45, 7) is 0.485. The maximum absolute atomic E-state index is 13.6. The minimum absolute atomic E-state index is 0.174. The van der Waals surface area contributed by atoms with Gasteiger partial charge in [0.2, 0.25) is 0 Å². The third kappa shape index (κ3) is 7.61. The predicted octanol–water partition coefficient (Wildman–Crippen LogP) is 8.85. The molecule has 4 aromatic carbocycles. The van der Waals surface area contributed by atoms with E-state index >= 15 is 0 Å². The molecule has 0 spiro atoms. The van der Waals surface area contributed by atoms with E-state index in [1.807, 2.05) is 36.4 Å². The SMILES string of the molecule is COc1ccc(N=C2S/C(=C\c3ccc(OCc4ccc(Cl)cc4Cl)c(Br)c3)C(=O)N2Cc2ccc(C(=O)O)cc2)cc1. The van der Waals surface area contributed by atoms with Gasteiger partial charge < -0.3 is 14.6 Å². The molecule has 1 amide bonds. The van der Waals surface area contributed by atoms with Gasteiger partial charge in [-0.25, -0.2) is 9.79 Å². The Balaban J connectivity index is 1.39. The zero-order valence-corrected chi connectivity index (χ0v) is 26.5. The molecule has 0 saturated carbocycles. The number of amides is 1. The summed E-state index contributed by atoms with van der Waals surface area (Å²) in [4.78, 5) is 31.7. The molecule has 1 saturated heterocycles. The van der Waals surface area contributed by atoms with Crippen LogP contribution < -0.4 is 9.47 Å². The number of methoxy groups -OCH3 is 1. The monoisotopic (exact) mass is 696 g/mol. The van der Waals surface area contributed by atoms with Crippen LogP contribution in [-0.4, -0.2) is 34.2 Å². The number of hydrogen-bond donors (Lipinski definition) is 1. The maximum atomic E-state index is 13.6. The second-order valence-electron chi connectivity index (χ2n) is 9.31. The Kier molecular flexibility index (Phi) is 9.77. The highest BCUT2D eigenvalue weighted by Gasteiger charge is 2.33. The van der Waals surface area contributed by atoms with Gasteiger partial charge in [0.05, 0.1) is 34.3 Å². The van der Waals surface area contributed by atoms with Gasteiger partial charge in [-0.2, -0.15) is 0 Å². The summed E-state index contributed by atoms with van der Waals surface area (Å²) in [5, 5.41) is 10.8. The number of carbonyl (C=O) groups excluding carboxylic acids is 1. The fourth-order valence-electron chi connectivity index (χ4n) is 4.10. The van der Waals surface area contributed by atoms with Crippen LogP contribution in [0.1, 0.15) is 27.0 Å². The molecule has 4 aromatic rings. The van der Waals surface area contributed by atoms with Gasteiger partial charge in [0.25, 0.3) is 5.91 Å². The number of aromatic carboxylic acids is 1. The van der Waals surface area contributed by atoms with Gasteiger partial charge in [-0.05, 0) is 106 Å². The number of benzene rings is 4. The smallest absolute Gasteiger partial charge is 0.335 e. The van der Waals surface area contributed by atoms with Crippen molar-refractivity contribution in [2.24, 2.45) is 4.99 Å². The van der Waals surface area contributed by atoms with E-state index in [1.165, 1.54) is 23.9 Å². The van der Waals surface area contributed by atoms with Crippen molar-refractivity contribution in [3.05, 3.63) is 127 Å². The summed E-state index contributed by atoms with van der Waals surface area (Å²) in [7, 11) is 1.59. The first-order chi connectivity index (χ1) is 20.7. The highest BCUT2D eigenvalue weighted by Crippen LogP contribution is 2.37. The average molecular weight is 698 g/mol. The molecular weight excluding hydrogens is 675 g/mol. The number of nitrogens with zero attached hydrogens (tertiary/aromatic N) is 2. The zero-order valence-electron chi connectivity index (χ0n) is 22.6. The van der Waals surface area contributed by atoms with Crippen molar-refractivity contribution < 1.29 is 24.2 Å². The van der Waals surface area contributed by atoms with Crippen LogP contribution in [0.5, 0.6) is 11.5 Å². The number of hydrogen-bond acceptors (Lipinski definition) is 6. The Bertz CT molecular complexity index is 1740. The zero-order chi connectivity index (χ0) is 30.5. The minimum atomic E-state index is -1.01. The van der Waals surface area contributed by atoms with Gasteiger partial charge in [-0.1, -0.05) is 47.5 Å². The quantitative estimate of drug-likeness (QED) is 0.176. The molecule has 7 nitrogen and oxygen atoms in total. The van der Waals surface area contributed by atoms with E-state index in [4.69, 9.17) is 37.7 Å². The molecule has 0 atom stereocenters. The van der Waals surface area contributed by atoms with Crippen molar-refractivity contribution in [2.45, 2.75) is 13.2 Å². The van der Waals surface area contributed by atoms with Crippen LogP contribution in [0.25, 0.3) is 6.08 Å². The van der Waals surface area contributed by atoms with E-state index < -0.39 is 5.97 Å². The Morgan fingerprint density at radius 2 is 1.77 bits per heavy atom. The summed E-state index contributed by atoms with van der Waals surface area (Å²) in [5.74, 6) is 0.0900. The molecule has 218 valence electrons. The van der Waals surface area contributed by atoms with E-state index in [1.54, 1.807) is 54.5 Å². The summed E-state index contributed by atoms with van der Waals surface area (Å²) >= 11 is 17.1. The van der Waals surface area contributed by atoms with E-state index in [9.17, 15) is 14.7 Å². The highest BCUT2D eigenvalue weighted by atomic mass is 79.9. The van der Waals surface area contributed by atoms with Crippen LogP contribution in [-0.2, 0) is 17.9 Å². The molecule has 1 fully saturated rings. The van der Waals surface area contributed by atoms with Crippen molar-refractivity contribution in [3.63, 3.8) is 0 Å². The molecule has 11 heteroatoms. The number of thioether (sulfide) groups is 1. The van der Waals surface area contributed by atoms with Crippen LogP contribution in [0, 0.1) is 0 Å². The normalized spacial score (nSPS) is 14.9. The number of carboxylic acids is 1. The lowest BCUT2D eigenvalue weighted by molar-refractivity contribution is -0.122. The Labute approximate surface area is 270 Å². The maximum Gasteiger partial charge on any atom is 0.335 e. The fraction of sp³-hybridized carbons (Fsp3) is 0.0938. The van der Waals surface area contributed by atoms with Crippen LogP contribution in [0.15, 0.2) is 99.3 Å². The van der Waals surface area contributed by atoms with E-state index in [-0.39, 0.29) is 24.6 Å². The van der Waals surface area contributed by atoms with E-state index in [2.05, 4.69) is 15.9 Å². The molecule has 1 aliphatic heterocycles. The molecule has 1 N–H and O–H groups in total.